The Bertz CT molecular complexity index is 432. The number of amides is 1. The van der Waals surface area contributed by atoms with Crippen molar-refractivity contribution < 1.29 is 9.90 Å². The Morgan fingerprint density at radius 3 is 2.61 bits per heavy atom. The third-order valence-corrected chi connectivity index (χ3v) is 3.37. The van der Waals surface area contributed by atoms with Crippen molar-refractivity contribution in [3.8, 4) is 0 Å². The molecule has 0 unspecified atom stereocenters. The Morgan fingerprint density at radius 1 is 1.39 bits per heavy atom. The van der Waals surface area contributed by atoms with Crippen molar-refractivity contribution >= 4 is 17.5 Å². The molecule has 100 valence electrons. The second-order valence-corrected chi connectivity index (χ2v) is 5.15. The lowest BCUT2D eigenvalue weighted by Crippen LogP contribution is -2.29. The minimum atomic E-state index is -0.159. The summed E-state index contributed by atoms with van der Waals surface area (Å²) in [6.45, 7) is 6.59. The molecule has 0 aliphatic rings. The lowest BCUT2D eigenvalue weighted by Gasteiger charge is -2.13. The van der Waals surface area contributed by atoms with Gasteiger partial charge in [0.2, 0.25) is 0 Å². The molecule has 0 fully saturated rings. The third kappa shape index (κ3) is 4.00. The number of aliphatic hydroxyl groups is 1. The molecule has 1 rings (SSSR count). The van der Waals surface area contributed by atoms with E-state index in [0.29, 0.717) is 23.6 Å². The first-order chi connectivity index (χ1) is 8.45. The molecule has 0 spiro atoms. The molecule has 0 radical (unpaired) electrons. The summed E-state index contributed by atoms with van der Waals surface area (Å²) in [5.41, 5.74) is 2.63. The van der Waals surface area contributed by atoms with Crippen LogP contribution in [0.3, 0.4) is 0 Å². The van der Waals surface area contributed by atoms with E-state index in [1.165, 1.54) is 0 Å². The molecule has 0 heterocycles. The molecule has 3 nitrogen and oxygen atoms in total. The second-order valence-electron chi connectivity index (χ2n) is 4.74. The van der Waals surface area contributed by atoms with E-state index in [0.717, 1.165) is 11.1 Å². The van der Waals surface area contributed by atoms with Crippen LogP contribution in [0.4, 0.5) is 0 Å². The maximum atomic E-state index is 12.0. The zero-order valence-corrected chi connectivity index (χ0v) is 11.8. The third-order valence-electron chi connectivity index (χ3n) is 3.06. The molecule has 1 aromatic carbocycles. The number of hydrogen-bond donors (Lipinski definition) is 2. The van der Waals surface area contributed by atoms with Crippen LogP contribution in [-0.4, -0.2) is 24.2 Å². The van der Waals surface area contributed by atoms with Crippen molar-refractivity contribution in [1.29, 1.82) is 0 Å². The Kier molecular flexibility index (Phi) is 5.63. The smallest absolute Gasteiger partial charge is 0.252 e. The SMILES string of the molecule is Cc1cc(Cl)c(C(=O)NC[C@@H](C)CCO)cc1C. The number of rotatable bonds is 5. The lowest BCUT2D eigenvalue weighted by atomic mass is 10.0. The van der Waals surface area contributed by atoms with E-state index in [9.17, 15) is 4.79 Å². The first-order valence-electron chi connectivity index (χ1n) is 6.11. The topological polar surface area (TPSA) is 49.3 Å². The standard InChI is InChI=1S/C14H20ClNO2/c1-9(4-5-17)8-16-14(18)12-6-10(2)11(3)7-13(12)15/h6-7,9,17H,4-5,8H2,1-3H3,(H,16,18)/t9-/m0/s1. The number of benzene rings is 1. The highest BCUT2D eigenvalue weighted by Gasteiger charge is 2.12. The van der Waals surface area contributed by atoms with E-state index in [1.54, 1.807) is 0 Å². The normalized spacial score (nSPS) is 12.3. The largest absolute Gasteiger partial charge is 0.396 e. The summed E-state index contributed by atoms with van der Waals surface area (Å²) < 4.78 is 0. The molecular weight excluding hydrogens is 250 g/mol. The van der Waals surface area contributed by atoms with Gasteiger partial charge in [0.15, 0.2) is 0 Å². The average Bonchev–Trinajstić information content (AvgIpc) is 2.31. The van der Waals surface area contributed by atoms with Crippen LogP contribution in [0.25, 0.3) is 0 Å². The maximum Gasteiger partial charge on any atom is 0.252 e. The van der Waals surface area contributed by atoms with Crippen LogP contribution in [0, 0.1) is 19.8 Å². The van der Waals surface area contributed by atoms with E-state index in [1.807, 2.05) is 32.9 Å². The van der Waals surface area contributed by atoms with Crippen molar-refractivity contribution in [2.45, 2.75) is 27.2 Å². The van der Waals surface area contributed by atoms with Gasteiger partial charge in [-0.2, -0.15) is 0 Å². The number of halogens is 1. The van der Waals surface area contributed by atoms with Crippen molar-refractivity contribution in [2.75, 3.05) is 13.2 Å². The number of aliphatic hydroxyl groups excluding tert-OH is 1. The Balaban J connectivity index is 2.70. The van der Waals surface area contributed by atoms with Gasteiger partial charge in [-0.15, -0.1) is 0 Å². The monoisotopic (exact) mass is 269 g/mol. The van der Waals surface area contributed by atoms with Crippen molar-refractivity contribution in [3.63, 3.8) is 0 Å². The fourth-order valence-electron chi connectivity index (χ4n) is 1.64. The van der Waals surface area contributed by atoms with Gasteiger partial charge in [-0.3, -0.25) is 4.79 Å². The summed E-state index contributed by atoms with van der Waals surface area (Å²) in [4.78, 5) is 12.0. The number of carbonyl (C=O) groups is 1. The molecule has 0 bridgehead atoms. The van der Waals surface area contributed by atoms with E-state index in [4.69, 9.17) is 16.7 Å². The molecule has 1 amide bonds. The van der Waals surface area contributed by atoms with Crippen LogP contribution in [0.5, 0.6) is 0 Å². The highest BCUT2D eigenvalue weighted by atomic mass is 35.5. The van der Waals surface area contributed by atoms with Gasteiger partial charge < -0.3 is 10.4 Å². The van der Waals surface area contributed by atoms with E-state index in [2.05, 4.69) is 5.32 Å². The van der Waals surface area contributed by atoms with Crippen LogP contribution < -0.4 is 5.32 Å². The molecule has 1 aromatic rings. The van der Waals surface area contributed by atoms with Crippen LogP contribution in [0.15, 0.2) is 12.1 Å². The van der Waals surface area contributed by atoms with Gasteiger partial charge in [0.05, 0.1) is 10.6 Å². The van der Waals surface area contributed by atoms with Gasteiger partial charge in [0.1, 0.15) is 0 Å². The van der Waals surface area contributed by atoms with Gasteiger partial charge in [-0.05, 0) is 49.4 Å². The molecule has 2 N–H and O–H groups in total. The molecule has 0 aliphatic heterocycles. The summed E-state index contributed by atoms with van der Waals surface area (Å²) in [6.07, 6.45) is 0.681. The highest BCUT2D eigenvalue weighted by molar-refractivity contribution is 6.33. The predicted molar refractivity (Wildman–Crippen MR) is 74.1 cm³/mol. The van der Waals surface area contributed by atoms with E-state index >= 15 is 0 Å². The molecular formula is C14H20ClNO2. The highest BCUT2D eigenvalue weighted by Crippen LogP contribution is 2.20. The zero-order chi connectivity index (χ0) is 13.7. The van der Waals surface area contributed by atoms with E-state index in [-0.39, 0.29) is 18.4 Å². The number of hydrogen-bond acceptors (Lipinski definition) is 2. The van der Waals surface area contributed by atoms with Crippen molar-refractivity contribution in [2.24, 2.45) is 5.92 Å². The molecule has 1 atom stereocenters. The molecule has 0 saturated carbocycles. The quantitative estimate of drug-likeness (QED) is 0.863. The first kappa shape index (κ1) is 15.0. The summed E-state index contributed by atoms with van der Waals surface area (Å²) >= 11 is 6.07. The van der Waals surface area contributed by atoms with Crippen LogP contribution in [-0.2, 0) is 0 Å². The lowest BCUT2D eigenvalue weighted by molar-refractivity contribution is 0.0945. The summed E-state index contributed by atoms with van der Waals surface area (Å²) in [5.74, 6) is 0.0946. The molecule has 18 heavy (non-hydrogen) atoms. The van der Waals surface area contributed by atoms with Gasteiger partial charge >= 0.3 is 0 Å². The summed E-state index contributed by atoms with van der Waals surface area (Å²) in [7, 11) is 0. The summed E-state index contributed by atoms with van der Waals surface area (Å²) in [6, 6.07) is 3.62. The minimum absolute atomic E-state index is 0.140. The Morgan fingerprint density at radius 2 is 2.00 bits per heavy atom. The number of carbonyl (C=O) groups excluding carboxylic acids is 1. The molecule has 0 aliphatic carbocycles. The molecule has 0 saturated heterocycles. The van der Waals surface area contributed by atoms with Crippen molar-refractivity contribution in [1.82, 2.24) is 5.32 Å². The fraction of sp³-hybridized carbons (Fsp3) is 0.500. The number of nitrogens with one attached hydrogen (secondary N) is 1. The number of aryl methyl sites for hydroxylation is 2. The second kappa shape index (κ2) is 6.76. The fourth-order valence-corrected chi connectivity index (χ4v) is 1.94. The van der Waals surface area contributed by atoms with Gasteiger partial charge in [-0.25, -0.2) is 0 Å². The van der Waals surface area contributed by atoms with E-state index < -0.39 is 0 Å². The zero-order valence-electron chi connectivity index (χ0n) is 11.1. The van der Waals surface area contributed by atoms with Crippen molar-refractivity contribution in [3.05, 3.63) is 33.8 Å². The molecule has 0 aromatic heterocycles. The first-order valence-corrected chi connectivity index (χ1v) is 6.49. The Hall–Kier alpha value is -1.06. The Labute approximate surface area is 113 Å². The van der Waals surface area contributed by atoms with Gasteiger partial charge in [0.25, 0.3) is 5.91 Å². The van der Waals surface area contributed by atoms with Crippen LogP contribution >= 0.6 is 11.6 Å². The van der Waals surface area contributed by atoms with Crippen LogP contribution in [0.2, 0.25) is 5.02 Å². The molecule has 4 heteroatoms. The minimum Gasteiger partial charge on any atom is -0.396 e. The summed E-state index contributed by atoms with van der Waals surface area (Å²) in [5, 5.41) is 12.1. The van der Waals surface area contributed by atoms with Gasteiger partial charge in [0, 0.05) is 13.2 Å². The van der Waals surface area contributed by atoms with Gasteiger partial charge in [-0.1, -0.05) is 18.5 Å². The van der Waals surface area contributed by atoms with Crippen LogP contribution in [0.1, 0.15) is 34.8 Å². The maximum absolute atomic E-state index is 12.0. The predicted octanol–water partition coefficient (Wildman–Crippen LogP) is 2.71. The average molecular weight is 270 g/mol.